The van der Waals surface area contributed by atoms with E-state index >= 15 is 0 Å². The molecule has 0 amide bonds. The fraction of sp³-hybridized carbons (Fsp3) is 0.538. The molecule has 2 atom stereocenters. The Morgan fingerprint density at radius 1 is 1.38 bits per heavy atom. The first kappa shape index (κ1) is 12.7. The summed E-state index contributed by atoms with van der Waals surface area (Å²) in [4.78, 5) is 2.51. The second kappa shape index (κ2) is 5.69. The summed E-state index contributed by atoms with van der Waals surface area (Å²) in [5, 5.41) is 0. The maximum absolute atomic E-state index is 6.05. The lowest BCUT2D eigenvalue weighted by atomic mass is 10.0. The molecule has 2 rings (SSSR count). The number of alkyl halides is 1. The van der Waals surface area contributed by atoms with Gasteiger partial charge in [0.05, 0.1) is 0 Å². The van der Waals surface area contributed by atoms with E-state index in [-0.39, 0.29) is 0 Å². The first-order chi connectivity index (χ1) is 7.70. The largest absolute Gasteiger partial charge is 0.295 e. The van der Waals surface area contributed by atoms with E-state index in [0.717, 1.165) is 18.3 Å². The van der Waals surface area contributed by atoms with Crippen molar-refractivity contribution < 1.29 is 0 Å². The van der Waals surface area contributed by atoms with Crippen molar-refractivity contribution in [1.82, 2.24) is 4.90 Å². The molecule has 0 aliphatic carbocycles. The molecule has 0 aromatic heterocycles. The third-order valence-electron chi connectivity index (χ3n) is 3.45. The quantitative estimate of drug-likeness (QED) is 0.593. The summed E-state index contributed by atoms with van der Waals surface area (Å²) in [5.41, 5.74) is 1.39. The van der Waals surface area contributed by atoms with Crippen LogP contribution in [0.5, 0.6) is 0 Å². The maximum atomic E-state index is 6.05. The third-order valence-corrected chi connectivity index (χ3v) is 4.49. The average molecular weight is 350 g/mol. The van der Waals surface area contributed by atoms with E-state index in [1.807, 2.05) is 0 Å². The standard InChI is InChI=1S/C13H17ClIN/c1-10-6-7-16(13(10)8-14)9-11-2-4-12(15)5-3-11/h2-5,10,13H,6-9H2,1H3. The van der Waals surface area contributed by atoms with Gasteiger partial charge < -0.3 is 0 Å². The molecule has 0 radical (unpaired) electrons. The van der Waals surface area contributed by atoms with E-state index in [1.165, 1.54) is 22.1 Å². The maximum Gasteiger partial charge on any atom is 0.0382 e. The van der Waals surface area contributed by atoms with Gasteiger partial charge >= 0.3 is 0 Å². The minimum absolute atomic E-state index is 0.556. The Labute approximate surface area is 116 Å². The fourth-order valence-electron chi connectivity index (χ4n) is 2.36. The molecular weight excluding hydrogens is 333 g/mol. The second-order valence-corrected chi connectivity index (χ2v) is 6.14. The van der Waals surface area contributed by atoms with Crippen LogP contribution in [0, 0.1) is 9.49 Å². The summed E-state index contributed by atoms with van der Waals surface area (Å²) in [7, 11) is 0. The van der Waals surface area contributed by atoms with Crippen molar-refractivity contribution in [2.24, 2.45) is 5.92 Å². The van der Waals surface area contributed by atoms with Gasteiger partial charge in [0.15, 0.2) is 0 Å². The van der Waals surface area contributed by atoms with Gasteiger partial charge in [0.2, 0.25) is 0 Å². The molecule has 0 bridgehead atoms. The average Bonchev–Trinajstić information content (AvgIpc) is 2.63. The molecule has 2 unspecified atom stereocenters. The molecule has 1 fully saturated rings. The van der Waals surface area contributed by atoms with E-state index in [4.69, 9.17) is 11.6 Å². The fourth-order valence-corrected chi connectivity index (χ4v) is 3.22. The van der Waals surface area contributed by atoms with Crippen molar-refractivity contribution in [3.63, 3.8) is 0 Å². The van der Waals surface area contributed by atoms with Crippen LogP contribution in [-0.2, 0) is 6.54 Å². The van der Waals surface area contributed by atoms with Crippen LogP contribution in [0.1, 0.15) is 18.9 Å². The Morgan fingerprint density at radius 3 is 2.69 bits per heavy atom. The van der Waals surface area contributed by atoms with Crippen molar-refractivity contribution in [2.45, 2.75) is 25.9 Å². The van der Waals surface area contributed by atoms with Crippen molar-refractivity contribution in [3.8, 4) is 0 Å². The molecule has 16 heavy (non-hydrogen) atoms. The highest BCUT2D eigenvalue weighted by Crippen LogP contribution is 2.26. The number of benzene rings is 1. The highest BCUT2D eigenvalue weighted by atomic mass is 127. The number of hydrogen-bond donors (Lipinski definition) is 0. The molecule has 1 nitrogen and oxygen atoms in total. The van der Waals surface area contributed by atoms with Gasteiger partial charge in [0, 0.05) is 22.0 Å². The summed E-state index contributed by atoms with van der Waals surface area (Å²) in [5.74, 6) is 1.49. The van der Waals surface area contributed by atoms with Crippen LogP contribution in [0.25, 0.3) is 0 Å². The molecule has 3 heteroatoms. The van der Waals surface area contributed by atoms with Gasteiger partial charge in [-0.05, 0) is 59.2 Å². The van der Waals surface area contributed by atoms with Crippen molar-refractivity contribution in [1.29, 1.82) is 0 Å². The zero-order valence-corrected chi connectivity index (χ0v) is 12.4. The Hall–Kier alpha value is 0.200. The molecule has 1 saturated heterocycles. The highest BCUT2D eigenvalue weighted by Gasteiger charge is 2.29. The zero-order chi connectivity index (χ0) is 11.5. The predicted octanol–water partition coefficient (Wildman–Crippen LogP) is 3.74. The van der Waals surface area contributed by atoms with E-state index in [0.29, 0.717) is 6.04 Å². The number of halogens is 2. The van der Waals surface area contributed by atoms with E-state index < -0.39 is 0 Å². The normalized spacial score (nSPS) is 26.2. The van der Waals surface area contributed by atoms with Gasteiger partial charge in [0.1, 0.15) is 0 Å². The van der Waals surface area contributed by atoms with Crippen LogP contribution >= 0.6 is 34.2 Å². The van der Waals surface area contributed by atoms with E-state index in [9.17, 15) is 0 Å². The Bertz CT molecular complexity index is 338. The minimum atomic E-state index is 0.556. The number of rotatable bonds is 3. The van der Waals surface area contributed by atoms with Gasteiger partial charge in [0.25, 0.3) is 0 Å². The van der Waals surface area contributed by atoms with Gasteiger partial charge in [-0.2, -0.15) is 0 Å². The summed E-state index contributed by atoms with van der Waals surface area (Å²) in [6.45, 7) is 4.53. The predicted molar refractivity (Wildman–Crippen MR) is 77.9 cm³/mol. The molecular formula is C13H17ClIN. The monoisotopic (exact) mass is 349 g/mol. The molecule has 0 spiro atoms. The molecule has 0 N–H and O–H groups in total. The number of hydrogen-bond acceptors (Lipinski definition) is 1. The van der Waals surface area contributed by atoms with Crippen LogP contribution in [-0.4, -0.2) is 23.4 Å². The lowest BCUT2D eigenvalue weighted by molar-refractivity contribution is 0.242. The lowest BCUT2D eigenvalue weighted by Gasteiger charge is -2.24. The molecule has 1 aliphatic rings. The van der Waals surface area contributed by atoms with Crippen LogP contribution in [0.2, 0.25) is 0 Å². The molecule has 1 aromatic carbocycles. The van der Waals surface area contributed by atoms with Crippen LogP contribution in [0.15, 0.2) is 24.3 Å². The van der Waals surface area contributed by atoms with Crippen LogP contribution in [0.4, 0.5) is 0 Å². The summed E-state index contributed by atoms with van der Waals surface area (Å²) >= 11 is 8.39. The smallest absolute Gasteiger partial charge is 0.0382 e. The molecule has 88 valence electrons. The first-order valence-electron chi connectivity index (χ1n) is 5.75. The number of nitrogens with zero attached hydrogens (tertiary/aromatic N) is 1. The minimum Gasteiger partial charge on any atom is -0.295 e. The van der Waals surface area contributed by atoms with E-state index in [2.05, 4.69) is 58.7 Å². The van der Waals surface area contributed by atoms with Crippen molar-refractivity contribution in [2.75, 3.05) is 12.4 Å². The van der Waals surface area contributed by atoms with Gasteiger partial charge in [-0.15, -0.1) is 11.6 Å². The second-order valence-electron chi connectivity index (χ2n) is 4.58. The lowest BCUT2D eigenvalue weighted by Crippen LogP contribution is -2.33. The van der Waals surface area contributed by atoms with Gasteiger partial charge in [-0.1, -0.05) is 19.1 Å². The number of likely N-dealkylation sites (tertiary alicyclic amines) is 1. The van der Waals surface area contributed by atoms with Crippen LogP contribution in [0.3, 0.4) is 0 Å². The zero-order valence-electron chi connectivity index (χ0n) is 9.50. The summed E-state index contributed by atoms with van der Waals surface area (Å²) < 4.78 is 1.30. The Balaban J connectivity index is 2.01. The summed E-state index contributed by atoms with van der Waals surface area (Å²) in [6.07, 6.45) is 1.28. The Morgan fingerprint density at radius 2 is 2.06 bits per heavy atom. The topological polar surface area (TPSA) is 3.24 Å². The SMILES string of the molecule is CC1CCN(Cc2ccc(I)cc2)C1CCl. The highest BCUT2D eigenvalue weighted by molar-refractivity contribution is 14.1. The van der Waals surface area contributed by atoms with Gasteiger partial charge in [-0.3, -0.25) is 4.90 Å². The first-order valence-corrected chi connectivity index (χ1v) is 7.36. The van der Waals surface area contributed by atoms with E-state index in [1.54, 1.807) is 0 Å². The van der Waals surface area contributed by atoms with Gasteiger partial charge in [-0.25, -0.2) is 0 Å². The molecule has 0 saturated carbocycles. The molecule has 1 aliphatic heterocycles. The summed E-state index contributed by atoms with van der Waals surface area (Å²) in [6, 6.07) is 9.34. The van der Waals surface area contributed by atoms with Crippen molar-refractivity contribution in [3.05, 3.63) is 33.4 Å². The Kier molecular flexibility index (Phi) is 4.50. The molecule has 1 heterocycles. The van der Waals surface area contributed by atoms with Crippen molar-refractivity contribution >= 4 is 34.2 Å². The third kappa shape index (κ3) is 2.90. The molecule has 1 aromatic rings. The van der Waals surface area contributed by atoms with Crippen LogP contribution < -0.4 is 0 Å².